The molecule has 2 heterocycles. The average Bonchev–Trinajstić information content (AvgIpc) is 3.33. The number of aromatic nitrogens is 1. The van der Waals surface area contributed by atoms with Gasteiger partial charge in [-0.1, -0.05) is 0 Å². The molecule has 1 saturated heterocycles. The molecular weight excluding hydrogens is 394 g/mol. The first-order valence-corrected chi connectivity index (χ1v) is 10.9. The highest BCUT2D eigenvalue weighted by molar-refractivity contribution is 7.89. The smallest absolute Gasteiger partial charge is 0.254 e. The summed E-state index contributed by atoms with van der Waals surface area (Å²) in [5, 5.41) is 0. The van der Waals surface area contributed by atoms with E-state index in [2.05, 4.69) is 9.71 Å². The predicted octanol–water partition coefficient (Wildman–Crippen LogP) is 1.68. The number of hydrogen-bond acceptors (Lipinski definition) is 6. The molecule has 29 heavy (non-hydrogen) atoms. The summed E-state index contributed by atoms with van der Waals surface area (Å²) in [6, 6.07) is 8.06. The summed E-state index contributed by atoms with van der Waals surface area (Å²) in [5.74, 6) is 1.09. The monoisotopic (exact) mass is 417 g/mol. The first kappa shape index (κ1) is 19.7. The van der Waals surface area contributed by atoms with Gasteiger partial charge in [-0.2, -0.15) is 0 Å². The second-order valence-electron chi connectivity index (χ2n) is 7.33. The number of nitrogens with one attached hydrogen (secondary N) is 1. The number of piperidine rings is 1. The number of sulfonamides is 1. The van der Waals surface area contributed by atoms with Crippen LogP contribution in [-0.4, -0.2) is 57.1 Å². The van der Waals surface area contributed by atoms with Gasteiger partial charge in [0.2, 0.25) is 10.0 Å². The minimum Gasteiger partial charge on any atom is -0.493 e. The lowest BCUT2D eigenvalue weighted by Crippen LogP contribution is -2.47. The van der Waals surface area contributed by atoms with Crippen LogP contribution in [0, 0.1) is 5.92 Å². The Bertz CT molecular complexity index is 1010. The average molecular weight is 417 g/mol. The number of fused-ring (bicyclic) bond motifs is 2. The number of ether oxygens (including phenoxy) is 2. The Hall–Kier alpha value is -2.65. The fourth-order valence-corrected chi connectivity index (χ4v) is 5.54. The highest BCUT2D eigenvalue weighted by Crippen LogP contribution is 2.39. The van der Waals surface area contributed by atoms with E-state index in [-0.39, 0.29) is 28.8 Å². The number of carbonyl (C=O) groups excluding carboxylic acids is 1. The third-order valence-electron chi connectivity index (χ3n) is 5.68. The van der Waals surface area contributed by atoms with Crippen LogP contribution < -0.4 is 14.2 Å². The first-order chi connectivity index (χ1) is 13.9. The van der Waals surface area contributed by atoms with E-state index in [0.717, 1.165) is 6.42 Å². The molecule has 1 aliphatic heterocycles. The maximum atomic E-state index is 13.0. The molecule has 1 N–H and O–H groups in total. The SMILES string of the molecule is COc1ccc(C(=O)N2C[C@@H]3C[C@H]2C[C@@H]3NS(=O)(=O)c2cccnc2)cc1OC. The molecule has 4 rings (SSSR count). The molecule has 2 fully saturated rings. The Labute approximate surface area is 169 Å². The summed E-state index contributed by atoms with van der Waals surface area (Å²) in [6.07, 6.45) is 4.26. The van der Waals surface area contributed by atoms with E-state index in [1.807, 2.05) is 4.90 Å². The number of likely N-dealkylation sites (tertiary alicyclic amines) is 1. The van der Waals surface area contributed by atoms with Crippen LogP contribution in [0.3, 0.4) is 0 Å². The second-order valence-corrected chi connectivity index (χ2v) is 9.04. The number of hydrogen-bond donors (Lipinski definition) is 1. The quantitative estimate of drug-likeness (QED) is 0.768. The standard InChI is InChI=1S/C20H23N3O5S/c1-27-18-6-5-13(9-19(18)28-2)20(24)23-12-14-8-15(23)10-17(14)22-29(25,26)16-4-3-7-21-11-16/h3-7,9,11,14-15,17,22H,8,10,12H2,1-2H3/t14-,15-,17-/m0/s1. The van der Waals surface area contributed by atoms with Crippen molar-refractivity contribution in [3.63, 3.8) is 0 Å². The zero-order valence-electron chi connectivity index (χ0n) is 16.2. The van der Waals surface area contributed by atoms with Crippen LogP contribution in [0.1, 0.15) is 23.2 Å². The van der Waals surface area contributed by atoms with Gasteiger partial charge in [0, 0.05) is 36.6 Å². The molecule has 1 aromatic carbocycles. The Balaban J connectivity index is 1.45. The Morgan fingerprint density at radius 3 is 2.59 bits per heavy atom. The van der Waals surface area contributed by atoms with Crippen molar-refractivity contribution in [2.45, 2.75) is 29.8 Å². The van der Waals surface area contributed by atoms with Gasteiger partial charge in [-0.05, 0) is 49.1 Å². The maximum absolute atomic E-state index is 13.0. The van der Waals surface area contributed by atoms with Crippen LogP contribution in [0.4, 0.5) is 0 Å². The molecule has 0 unspecified atom stereocenters. The minimum atomic E-state index is -3.62. The highest BCUT2D eigenvalue weighted by atomic mass is 32.2. The van der Waals surface area contributed by atoms with Gasteiger partial charge >= 0.3 is 0 Å². The van der Waals surface area contributed by atoms with E-state index in [1.54, 1.807) is 31.4 Å². The number of pyridine rings is 1. The molecule has 2 aromatic rings. The predicted molar refractivity (Wildman–Crippen MR) is 105 cm³/mol. The van der Waals surface area contributed by atoms with Gasteiger partial charge < -0.3 is 14.4 Å². The van der Waals surface area contributed by atoms with Crippen LogP contribution in [-0.2, 0) is 10.0 Å². The summed E-state index contributed by atoms with van der Waals surface area (Å²) in [7, 11) is -0.541. The molecule has 8 nitrogen and oxygen atoms in total. The molecule has 0 spiro atoms. The lowest BCUT2D eigenvalue weighted by molar-refractivity contribution is 0.0691. The molecule has 2 bridgehead atoms. The largest absolute Gasteiger partial charge is 0.493 e. The van der Waals surface area contributed by atoms with Gasteiger partial charge in [0.1, 0.15) is 4.90 Å². The van der Waals surface area contributed by atoms with Gasteiger partial charge in [-0.3, -0.25) is 9.78 Å². The number of methoxy groups -OCH3 is 2. The molecule has 0 radical (unpaired) electrons. The summed E-state index contributed by atoms with van der Waals surface area (Å²) >= 11 is 0. The summed E-state index contributed by atoms with van der Waals surface area (Å²) in [4.78, 5) is 18.9. The van der Waals surface area contributed by atoms with Gasteiger partial charge in [0.25, 0.3) is 5.91 Å². The Kier molecular flexibility index (Phi) is 5.18. The summed E-state index contributed by atoms with van der Waals surface area (Å²) in [6.45, 7) is 0.526. The van der Waals surface area contributed by atoms with Crippen molar-refractivity contribution < 1.29 is 22.7 Å². The van der Waals surface area contributed by atoms with Crippen molar-refractivity contribution in [1.29, 1.82) is 0 Å². The zero-order valence-corrected chi connectivity index (χ0v) is 17.1. The zero-order chi connectivity index (χ0) is 20.6. The highest BCUT2D eigenvalue weighted by Gasteiger charge is 2.47. The number of rotatable bonds is 6. The van der Waals surface area contributed by atoms with Crippen LogP contribution in [0.15, 0.2) is 47.6 Å². The molecule has 2 aliphatic rings. The Morgan fingerprint density at radius 2 is 1.97 bits per heavy atom. The third kappa shape index (κ3) is 3.67. The summed E-state index contributed by atoms with van der Waals surface area (Å²) in [5.41, 5.74) is 0.530. The fraction of sp³-hybridized carbons (Fsp3) is 0.400. The number of carbonyl (C=O) groups is 1. The molecule has 1 amide bonds. The lowest BCUT2D eigenvalue weighted by Gasteiger charge is -2.32. The van der Waals surface area contributed by atoms with Crippen molar-refractivity contribution in [2.24, 2.45) is 5.92 Å². The molecule has 154 valence electrons. The van der Waals surface area contributed by atoms with Gasteiger partial charge in [-0.25, -0.2) is 13.1 Å². The van der Waals surface area contributed by atoms with E-state index in [9.17, 15) is 13.2 Å². The molecule has 1 aromatic heterocycles. The molecule has 3 atom stereocenters. The van der Waals surface area contributed by atoms with Crippen molar-refractivity contribution in [2.75, 3.05) is 20.8 Å². The van der Waals surface area contributed by atoms with Crippen molar-refractivity contribution in [1.82, 2.24) is 14.6 Å². The molecule has 1 saturated carbocycles. The third-order valence-corrected chi connectivity index (χ3v) is 7.16. The van der Waals surface area contributed by atoms with E-state index < -0.39 is 10.0 Å². The van der Waals surface area contributed by atoms with Gasteiger partial charge in [0.05, 0.1) is 14.2 Å². The van der Waals surface area contributed by atoms with E-state index in [4.69, 9.17) is 9.47 Å². The van der Waals surface area contributed by atoms with Crippen molar-refractivity contribution in [3.05, 3.63) is 48.3 Å². The summed E-state index contributed by atoms with van der Waals surface area (Å²) < 4.78 is 38.5. The van der Waals surface area contributed by atoms with Gasteiger partial charge in [0.15, 0.2) is 11.5 Å². The van der Waals surface area contributed by atoms with Crippen LogP contribution in [0.2, 0.25) is 0 Å². The molecule has 9 heteroatoms. The maximum Gasteiger partial charge on any atom is 0.254 e. The van der Waals surface area contributed by atoms with E-state index >= 15 is 0 Å². The number of benzene rings is 1. The molecule has 1 aliphatic carbocycles. The number of nitrogens with zero attached hydrogens (tertiary/aromatic N) is 2. The number of amides is 1. The van der Waals surface area contributed by atoms with Crippen LogP contribution in [0.25, 0.3) is 0 Å². The fourth-order valence-electron chi connectivity index (χ4n) is 4.26. The van der Waals surface area contributed by atoms with E-state index in [1.165, 1.54) is 25.6 Å². The van der Waals surface area contributed by atoms with Crippen molar-refractivity contribution in [3.8, 4) is 11.5 Å². The Morgan fingerprint density at radius 1 is 1.17 bits per heavy atom. The molecular formula is C20H23N3O5S. The van der Waals surface area contributed by atoms with Gasteiger partial charge in [-0.15, -0.1) is 0 Å². The minimum absolute atomic E-state index is 0.0159. The van der Waals surface area contributed by atoms with E-state index in [0.29, 0.717) is 30.0 Å². The lowest BCUT2D eigenvalue weighted by atomic mass is 10.0. The van der Waals surface area contributed by atoms with Crippen molar-refractivity contribution >= 4 is 15.9 Å². The van der Waals surface area contributed by atoms with Crippen LogP contribution in [0.5, 0.6) is 11.5 Å². The normalized spacial score (nSPS) is 23.2. The first-order valence-electron chi connectivity index (χ1n) is 9.38. The topological polar surface area (TPSA) is 97.8 Å². The second kappa shape index (κ2) is 7.64. The van der Waals surface area contributed by atoms with Crippen LogP contribution >= 0.6 is 0 Å².